The van der Waals surface area contributed by atoms with Gasteiger partial charge in [-0.2, -0.15) is 5.26 Å². The number of nitriles is 1. The molecule has 0 aromatic heterocycles. The molecule has 2 atom stereocenters. The predicted octanol–water partition coefficient (Wildman–Crippen LogP) is 2.93. The van der Waals surface area contributed by atoms with Gasteiger partial charge in [-0.15, -0.1) is 0 Å². The number of hydrogen-bond acceptors (Lipinski definition) is 3. The Bertz CT molecular complexity index is 509. The van der Waals surface area contributed by atoms with Gasteiger partial charge in [-0.1, -0.05) is 11.6 Å². The maximum atomic E-state index is 8.92. The van der Waals surface area contributed by atoms with Gasteiger partial charge in [0.2, 0.25) is 0 Å². The molecule has 1 aromatic rings. The second-order valence-corrected chi connectivity index (χ2v) is 5.93. The average Bonchev–Trinajstić information content (AvgIpc) is 2.69. The molecule has 2 heterocycles. The van der Waals surface area contributed by atoms with Gasteiger partial charge in [-0.05, 0) is 50.9 Å². The van der Waals surface area contributed by atoms with E-state index in [2.05, 4.69) is 23.3 Å². The van der Waals surface area contributed by atoms with E-state index in [9.17, 15) is 0 Å². The molecule has 2 fully saturated rings. The number of hydrogen-bond donors (Lipinski definition) is 1. The summed E-state index contributed by atoms with van der Waals surface area (Å²) >= 11 is 6.36. The zero-order valence-corrected chi connectivity index (χ0v) is 11.8. The molecule has 3 rings (SSSR count). The summed E-state index contributed by atoms with van der Waals surface area (Å²) in [5, 5.41) is 13.0. The smallest absolute Gasteiger partial charge is 0.0992 e. The van der Waals surface area contributed by atoms with Gasteiger partial charge in [0, 0.05) is 18.1 Å². The van der Waals surface area contributed by atoms with E-state index in [-0.39, 0.29) is 0 Å². The number of anilines is 1. The maximum Gasteiger partial charge on any atom is 0.0992 e. The van der Waals surface area contributed by atoms with Crippen molar-refractivity contribution in [2.24, 2.45) is 0 Å². The third kappa shape index (κ3) is 2.20. The summed E-state index contributed by atoms with van der Waals surface area (Å²) in [6, 6.07) is 9.59. The molecule has 0 amide bonds. The van der Waals surface area contributed by atoms with E-state index in [4.69, 9.17) is 16.9 Å². The molecule has 100 valence electrons. The number of nitrogens with zero attached hydrogens (tertiary/aromatic N) is 2. The number of piperidine rings is 1. The lowest BCUT2D eigenvalue weighted by Gasteiger charge is -2.41. The molecular weight excluding hydrogens is 258 g/mol. The van der Waals surface area contributed by atoms with Crippen LogP contribution in [0.2, 0.25) is 5.02 Å². The van der Waals surface area contributed by atoms with Gasteiger partial charge in [0.05, 0.1) is 22.3 Å². The summed E-state index contributed by atoms with van der Waals surface area (Å²) in [5.74, 6) is 0. The van der Waals surface area contributed by atoms with Gasteiger partial charge in [-0.3, -0.25) is 0 Å². The lowest BCUT2D eigenvalue weighted by Crippen LogP contribution is -2.48. The van der Waals surface area contributed by atoms with E-state index >= 15 is 0 Å². The molecular formula is C15H18ClN3. The fraction of sp³-hybridized carbons (Fsp3) is 0.533. The highest BCUT2D eigenvalue weighted by molar-refractivity contribution is 6.33. The fourth-order valence-corrected chi connectivity index (χ4v) is 3.87. The number of rotatable bonds is 2. The number of nitrogens with one attached hydrogen (secondary N) is 1. The van der Waals surface area contributed by atoms with Crippen molar-refractivity contribution < 1.29 is 0 Å². The van der Waals surface area contributed by atoms with Crippen molar-refractivity contribution in [1.29, 1.82) is 5.26 Å². The van der Waals surface area contributed by atoms with Gasteiger partial charge >= 0.3 is 0 Å². The minimum atomic E-state index is 0.585. The number of halogens is 1. The molecule has 1 N–H and O–H groups in total. The highest BCUT2D eigenvalue weighted by Gasteiger charge is 2.40. The molecule has 1 aromatic carbocycles. The summed E-state index contributed by atoms with van der Waals surface area (Å²) < 4.78 is 0. The first-order chi connectivity index (χ1) is 9.22. The van der Waals surface area contributed by atoms with Crippen LogP contribution in [0.5, 0.6) is 0 Å². The second kappa shape index (κ2) is 5.03. The lowest BCUT2D eigenvalue weighted by molar-refractivity contribution is 0.374. The Hall–Kier alpha value is -1.24. The Kier molecular flexibility index (Phi) is 3.38. The van der Waals surface area contributed by atoms with Crippen molar-refractivity contribution in [3.63, 3.8) is 0 Å². The first kappa shape index (κ1) is 12.8. The summed E-state index contributed by atoms with van der Waals surface area (Å²) in [6.45, 7) is 0. The number of benzene rings is 1. The largest absolute Gasteiger partial charge is 0.364 e. The van der Waals surface area contributed by atoms with Crippen LogP contribution in [0.15, 0.2) is 18.2 Å². The monoisotopic (exact) mass is 275 g/mol. The van der Waals surface area contributed by atoms with Crippen molar-refractivity contribution in [3.05, 3.63) is 28.8 Å². The van der Waals surface area contributed by atoms with E-state index in [0.717, 1.165) is 5.69 Å². The zero-order chi connectivity index (χ0) is 13.4. The van der Waals surface area contributed by atoms with Gasteiger partial charge < -0.3 is 10.2 Å². The summed E-state index contributed by atoms with van der Waals surface area (Å²) in [7, 11) is 2.05. The van der Waals surface area contributed by atoms with Crippen LogP contribution in [0, 0.1) is 11.3 Å². The van der Waals surface area contributed by atoms with Crippen LogP contribution in [0.4, 0.5) is 5.69 Å². The van der Waals surface area contributed by atoms with E-state index in [1.54, 1.807) is 6.07 Å². The highest BCUT2D eigenvalue weighted by Crippen LogP contribution is 2.42. The van der Waals surface area contributed by atoms with Crippen LogP contribution >= 0.6 is 11.6 Å². The quantitative estimate of drug-likeness (QED) is 0.902. The van der Waals surface area contributed by atoms with Crippen LogP contribution in [0.3, 0.4) is 0 Å². The van der Waals surface area contributed by atoms with Crippen molar-refractivity contribution >= 4 is 17.3 Å². The van der Waals surface area contributed by atoms with Crippen LogP contribution in [-0.2, 0) is 0 Å². The molecule has 2 bridgehead atoms. The Morgan fingerprint density at radius 2 is 2.00 bits per heavy atom. The Morgan fingerprint density at radius 1 is 1.32 bits per heavy atom. The summed E-state index contributed by atoms with van der Waals surface area (Å²) in [4.78, 5) is 2.48. The molecule has 2 saturated heterocycles. The summed E-state index contributed by atoms with van der Waals surface area (Å²) in [6.07, 6.45) is 4.87. The Balaban J connectivity index is 1.90. The molecule has 0 aliphatic carbocycles. The van der Waals surface area contributed by atoms with Crippen molar-refractivity contribution in [1.82, 2.24) is 5.32 Å². The van der Waals surface area contributed by atoms with Crippen LogP contribution in [0.25, 0.3) is 0 Å². The van der Waals surface area contributed by atoms with Crippen LogP contribution < -0.4 is 10.2 Å². The fourth-order valence-electron chi connectivity index (χ4n) is 3.59. The van der Waals surface area contributed by atoms with E-state index in [0.29, 0.717) is 28.7 Å². The topological polar surface area (TPSA) is 39.1 Å². The SMILES string of the molecule is CNC1CC2CCC(C1)N2c1ccc(C#N)cc1Cl. The van der Waals surface area contributed by atoms with Crippen LogP contribution in [0.1, 0.15) is 31.2 Å². The van der Waals surface area contributed by atoms with E-state index in [1.165, 1.54) is 25.7 Å². The molecule has 0 radical (unpaired) electrons. The molecule has 2 unspecified atom stereocenters. The Labute approximate surface area is 119 Å². The average molecular weight is 276 g/mol. The van der Waals surface area contributed by atoms with E-state index in [1.807, 2.05) is 12.1 Å². The molecule has 2 aliphatic heterocycles. The normalized spacial score (nSPS) is 29.3. The van der Waals surface area contributed by atoms with Crippen molar-refractivity contribution in [3.8, 4) is 6.07 Å². The standard InChI is InChI=1S/C15H18ClN3/c1-18-11-7-12-3-4-13(8-11)19(12)15-5-2-10(9-17)6-14(15)16/h2,5-6,11-13,18H,3-4,7-8H2,1H3. The Morgan fingerprint density at radius 3 is 2.53 bits per heavy atom. The van der Waals surface area contributed by atoms with Crippen LogP contribution in [-0.4, -0.2) is 25.2 Å². The first-order valence-electron chi connectivity index (χ1n) is 6.88. The van der Waals surface area contributed by atoms with Gasteiger partial charge in [0.25, 0.3) is 0 Å². The minimum absolute atomic E-state index is 0.585. The van der Waals surface area contributed by atoms with Crippen molar-refractivity contribution in [2.75, 3.05) is 11.9 Å². The van der Waals surface area contributed by atoms with Crippen molar-refractivity contribution in [2.45, 2.75) is 43.8 Å². The third-order valence-electron chi connectivity index (χ3n) is 4.50. The van der Waals surface area contributed by atoms with Gasteiger partial charge in [-0.25, -0.2) is 0 Å². The van der Waals surface area contributed by atoms with E-state index < -0.39 is 0 Å². The zero-order valence-electron chi connectivity index (χ0n) is 11.1. The second-order valence-electron chi connectivity index (χ2n) is 5.53. The molecule has 0 spiro atoms. The van der Waals surface area contributed by atoms with Gasteiger partial charge in [0.1, 0.15) is 0 Å². The molecule has 4 heteroatoms. The third-order valence-corrected chi connectivity index (χ3v) is 4.80. The molecule has 19 heavy (non-hydrogen) atoms. The predicted molar refractivity (Wildman–Crippen MR) is 77.5 cm³/mol. The highest BCUT2D eigenvalue weighted by atomic mass is 35.5. The first-order valence-corrected chi connectivity index (χ1v) is 7.26. The van der Waals surface area contributed by atoms with Gasteiger partial charge in [0.15, 0.2) is 0 Å². The summed E-state index contributed by atoms with van der Waals surface area (Å²) in [5.41, 5.74) is 1.73. The minimum Gasteiger partial charge on any atom is -0.364 e. The molecule has 2 aliphatic rings. The molecule has 0 saturated carbocycles. The lowest BCUT2D eigenvalue weighted by atomic mass is 9.96. The molecule has 3 nitrogen and oxygen atoms in total. The maximum absolute atomic E-state index is 8.92. The number of fused-ring (bicyclic) bond motifs is 2.